The van der Waals surface area contributed by atoms with Gasteiger partial charge in [-0.15, -0.1) is 0 Å². The predicted octanol–water partition coefficient (Wildman–Crippen LogP) is 2.56. The summed E-state index contributed by atoms with van der Waals surface area (Å²) in [7, 11) is 0. The number of nitrogens with zero attached hydrogens (tertiary/aromatic N) is 5. The molecule has 4 unspecified atom stereocenters. The van der Waals surface area contributed by atoms with Crippen molar-refractivity contribution in [3.05, 3.63) is 43.3 Å². The molecule has 4 heterocycles. The van der Waals surface area contributed by atoms with E-state index < -0.39 is 5.69 Å². The van der Waals surface area contributed by atoms with Gasteiger partial charge in [-0.1, -0.05) is 37.8 Å². The number of rotatable bonds is 3. The van der Waals surface area contributed by atoms with E-state index in [-0.39, 0.29) is 23.2 Å². The van der Waals surface area contributed by atoms with Crippen molar-refractivity contribution in [2.75, 3.05) is 5.73 Å². The summed E-state index contributed by atoms with van der Waals surface area (Å²) in [5, 5.41) is 1.74. The highest BCUT2D eigenvalue weighted by Gasteiger charge is 2.45. The number of nitrogens with two attached hydrogens (primary N) is 1. The van der Waals surface area contributed by atoms with Gasteiger partial charge >= 0.3 is 5.69 Å². The molecule has 4 atom stereocenters. The molecule has 38 heavy (non-hydrogen) atoms. The Balaban J connectivity index is 1.28. The lowest BCUT2D eigenvalue weighted by Gasteiger charge is -2.55. The molecule has 2 aliphatic heterocycles. The van der Waals surface area contributed by atoms with Crippen LogP contribution in [0.2, 0.25) is 0 Å². The van der Waals surface area contributed by atoms with Crippen molar-refractivity contribution >= 4 is 18.0 Å². The van der Waals surface area contributed by atoms with Gasteiger partial charge in [0.2, 0.25) is 5.82 Å². The third-order valence-electron chi connectivity index (χ3n) is 10.3. The van der Waals surface area contributed by atoms with E-state index in [1.54, 1.807) is 13.1 Å². The number of aromatic nitrogens is 4. The Morgan fingerprint density at radius 2 is 1.50 bits per heavy atom. The van der Waals surface area contributed by atoms with Gasteiger partial charge in [0.15, 0.2) is 0 Å². The van der Waals surface area contributed by atoms with Gasteiger partial charge in [-0.2, -0.15) is 4.98 Å². The molecule has 0 aromatic carbocycles. The van der Waals surface area contributed by atoms with Crippen molar-refractivity contribution in [3.8, 4) is 5.82 Å². The highest BCUT2D eigenvalue weighted by molar-refractivity contribution is 5.39. The van der Waals surface area contributed by atoms with E-state index in [2.05, 4.69) is 22.0 Å². The first-order valence-electron chi connectivity index (χ1n) is 14.9. The Kier molecular flexibility index (Phi) is 6.06. The molecule has 2 saturated carbocycles. The zero-order valence-electron chi connectivity index (χ0n) is 22.5. The Bertz CT molecular complexity index is 1470. The third kappa shape index (κ3) is 4.07. The van der Waals surface area contributed by atoms with Crippen molar-refractivity contribution in [1.29, 1.82) is 0 Å². The van der Waals surface area contributed by atoms with E-state index in [9.17, 15) is 9.59 Å². The monoisotopic (exact) mass is 516 g/mol. The molecule has 8 heteroatoms. The minimum atomic E-state index is -0.557. The van der Waals surface area contributed by atoms with Gasteiger partial charge < -0.3 is 10.3 Å². The maximum atomic E-state index is 14.2. The second-order valence-corrected chi connectivity index (χ2v) is 12.7. The van der Waals surface area contributed by atoms with Crippen molar-refractivity contribution in [2.24, 2.45) is 11.8 Å². The average molecular weight is 517 g/mol. The minimum Gasteiger partial charge on any atom is -0.383 e. The lowest BCUT2D eigenvalue weighted by atomic mass is 9.68. The summed E-state index contributed by atoms with van der Waals surface area (Å²) in [4.78, 5) is 38.6. The van der Waals surface area contributed by atoms with Crippen LogP contribution in [-0.4, -0.2) is 42.1 Å². The Morgan fingerprint density at radius 1 is 0.816 bits per heavy atom. The predicted molar refractivity (Wildman–Crippen MR) is 148 cm³/mol. The van der Waals surface area contributed by atoms with Crippen molar-refractivity contribution < 1.29 is 0 Å². The van der Waals surface area contributed by atoms with Crippen LogP contribution in [-0.2, 0) is 0 Å². The molecule has 7 rings (SSSR count). The van der Waals surface area contributed by atoms with Crippen molar-refractivity contribution in [3.63, 3.8) is 0 Å². The molecule has 5 aliphatic rings. The van der Waals surface area contributed by atoms with Crippen LogP contribution in [0.25, 0.3) is 18.0 Å². The van der Waals surface area contributed by atoms with Crippen molar-refractivity contribution in [1.82, 2.24) is 24.0 Å². The lowest BCUT2D eigenvalue weighted by Crippen LogP contribution is -2.60. The first-order chi connectivity index (χ1) is 18.5. The second-order valence-electron chi connectivity index (χ2n) is 12.7. The molecule has 8 nitrogen and oxygen atoms in total. The van der Waals surface area contributed by atoms with Crippen LogP contribution in [0.4, 0.5) is 5.82 Å². The van der Waals surface area contributed by atoms with Crippen molar-refractivity contribution in [2.45, 2.75) is 115 Å². The van der Waals surface area contributed by atoms with Crippen LogP contribution in [0, 0.1) is 18.8 Å². The van der Waals surface area contributed by atoms with Crippen LogP contribution < -0.4 is 27.7 Å². The molecule has 0 amide bonds. The van der Waals surface area contributed by atoms with E-state index >= 15 is 0 Å². The number of fused-ring (bicyclic) bond motifs is 5. The molecular formula is C30H40N6O2. The molecule has 2 saturated heterocycles. The second kappa shape index (κ2) is 9.47. The van der Waals surface area contributed by atoms with Crippen LogP contribution >= 0.6 is 0 Å². The average Bonchev–Trinajstić information content (AvgIpc) is 2.89. The zero-order chi connectivity index (χ0) is 26.0. The topological polar surface area (TPSA) is 99.0 Å². The van der Waals surface area contributed by atoms with E-state index in [1.165, 1.54) is 62.4 Å². The van der Waals surface area contributed by atoms with E-state index in [0.29, 0.717) is 17.6 Å². The quantitative estimate of drug-likeness (QED) is 0.673. The lowest BCUT2D eigenvalue weighted by molar-refractivity contribution is -0.0494. The van der Waals surface area contributed by atoms with Gasteiger partial charge in [0, 0.05) is 35.9 Å². The summed E-state index contributed by atoms with van der Waals surface area (Å²) in [5.41, 5.74) is 5.79. The minimum absolute atomic E-state index is 0.119. The van der Waals surface area contributed by atoms with E-state index in [1.807, 2.05) is 4.57 Å². The Morgan fingerprint density at radius 3 is 2.24 bits per heavy atom. The smallest absolute Gasteiger partial charge is 0.355 e. The number of nitrogen functional groups attached to an aromatic ring is 1. The molecular weight excluding hydrogens is 476 g/mol. The molecule has 2 aromatic rings. The highest BCUT2D eigenvalue weighted by atomic mass is 16.2. The number of piperidine rings is 2. The Hall–Kier alpha value is -2.74. The fraction of sp³-hybridized carbons (Fsp3) is 0.667. The third-order valence-corrected chi connectivity index (χ3v) is 10.3. The molecule has 4 bridgehead atoms. The zero-order valence-corrected chi connectivity index (χ0v) is 22.5. The number of aryl methyl sites for hydroxylation is 1. The summed E-state index contributed by atoms with van der Waals surface area (Å²) >= 11 is 0. The van der Waals surface area contributed by atoms with Gasteiger partial charge in [0.05, 0.1) is 10.7 Å². The standard InChI is InChI=1S/C30H40N6O2/c1-18-17-34(30(38)33-27(18)31)28-29(37)36(26-11-3-2-10-25(26)32-28)24-15-21-8-5-9-22(16-24)35(21)23-13-19-6-4-7-20(12-19)14-23/h10-11,17,19-24H,2-9,12-16H2,1H3,(H2,31,33,38). The molecule has 202 valence electrons. The molecule has 0 spiro atoms. The Labute approximate surface area is 223 Å². The summed E-state index contributed by atoms with van der Waals surface area (Å²) in [6.45, 7) is 1.80. The molecule has 3 aliphatic carbocycles. The summed E-state index contributed by atoms with van der Waals surface area (Å²) < 4.78 is 3.30. The highest BCUT2D eigenvalue weighted by Crippen LogP contribution is 2.47. The number of hydrogen-bond acceptors (Lipinski definition) is 6. The maximum absolute atomic E-state index is 14.2. The van der Waals surface area contributed by atoms with Gasteiger partial charge in [-0.25, -0.2) is 14.3 Å². The summed E-state index contributed by atoms with van der Waals surface area (Å²) in [6.07, 6.45) is 21.9. The van der Waals surface area contributed by atoms with Gasteiger partial charge in [-0.3, -0.25) is 9.69 Å². The molecule has 2 N–H and O–H groups in total. The van der Waals surface area contributed by atoms with E-state index in [0.717, 1.165) is 54.3 Å². The largest absolute Gasteiger partial charge is 0.383 e. The van der Waals surface area contributed by atoms with Gasteiger partial charge in [0.25, 0.3) is 5.56 Å². The molecule has 4 fully saturated rings. The van der Waals surface area contributed by atoms with Crippen LogP contribution in [0.5, 0.6) is 0 Å². The SMILES string of the molecule is Cc1cn(-c2nc3c(n(C4CC5CCCC(C4)N5C4CC5CCCC(C5)C4)c2=O)=CCCC=3)c(=O)nc1N. The van der Waals surface area contributed by atoms with Gasteiger partial charge in [0.1, 0.15) is 5.82 Å². The van der Waals surface area contributed by atoms with Gasteiger partial charge in [-0.05, 0) is 76.5 Å². The first kappa shape index (κ1) is 24.3. The fourth-order valence-electron chi connectivity index (χ4n) is 8.72. The fourth-order valence-corrected chi connectivity index (χ4v) is 8.72. The first-order valence-corrected chi connectivity index (χ1v) is 14.9. The van der Waals surface area contributed by atoms with Crippen LogP contribution in [0.1, 0.15) is 95.1 Å². The normalized spacial score (nSPS) is 32.7. The molecule has 0 radical (unpaired) electrons. The summed E-state index contributed by atoms with van der Waals surface area (Å²) in [5.74, 6) is 2.17. The van der Waals surface area contributed by atoms with Crippen LogP contribution in [0.3, 0.4) is 0 Å². The molecule has 2 aromatic heterocycles. The van der Waals surface area contributed by atoms with E-state index in [4.69, 9.17) is 10.7 Å². The van der Waals surface area contributed by atoms with Crippen LogP contribution in [0.15, 0.2) is 15.8 Å². The maximum Gasteiger partial charge on any atom is 0.355 e. The number of anilines is 1. The number of hydrogen-bond donors (Lipinski definition) is 1. The summed E-state index contributed by atoms with van der Waals surface area (Å²) in [6, 6.07) is 1.91.